The number of methoxy groups -OCH3 is 1. The summed E-state index contributed by atoms with van der Waals surface area (Å²) in [6.07, 6.45) is 5.50. The van der Waals surface area contributed by atoms with Crippen LogP contribution in [-0.2, 0) is 9.63 Å². The average Bonchev–Trinajstić information content (AvgIpc) is 3.60. The number of hydrogen-bond acceptors (Lipinski definition) is 10. The summed E-state index contributed by atoms with van der Waals surface area (Å²) < 4.78 is 19.7. The van der Waals surface area contributed by atoms with Gasteiger partial charge in [0.15, 0.2) is 5.82 Å². The van der Waals surface area contributed by atoms with Crippen LogP contribution in [-0.4, -0.2) is 91.2 Å². The Bertz CT molecular complexity index is 1580. The number of halogens is 2. The van der Waals surface area contributed by atoms with Gasteiger partial charge >= 0.3 is 0 Å². The molecule has 3 saturated heterocycles. The van der Waals surface area contributed by atoms with Crippen molar-refractivity contribution in [2.45, 2.75) is 38.3 Å². The molecule has 1 unspecified atom stereocenters. The molecule has 250 valence electrons. The number of hydroxylamine groups is 1. The highest BCUT2D eigenvalue weighted by molar-refractivity contribution is 6.30. The number of rotatable bonds is 10. The van der Waals surface area contributed by atoms with Crippen molar-refractivity contribution in [3.63, 3.8) is 0 Å². The third-order valence-electron chi connectivity index (χ3n) is 9.31. The Kier molecular flexibility index (Phi) is 10.4. The van der Waals surface area contributed by atoms with E-state index in [1.54, 1.807) is 30.4 Å². The molecule has 6 rings (SSSR count). The lowest BCUT2D eigenvalue weighted by molar-refractivity contribution is -0.111. The lowest BCUT2D eigenvalue weighted by Gasteiger charge is -2.43. The maximum absolute atomic E-state index is 13.8. The zero-order valence-corrected chi connectivity index (χ0v) is 27.7. The lowest BCUT2D eigenvalue weighted by Crippen LogP contribution is -2.53. The molecule has 3 aliphatic rings. The number of ether oxygens (including phenoxy) is 1. The van der Waals surface area contributed by atoms with Gasteiger partial charge in [-0.3, -0.25) is 14.5 Å². The maximum Gasteiger partial charge on any atom is 0.247 e. The van der Waals surface area contributed by atoms with Crippen LogP contribution in [0.2, 0.25) is 5.02 Å². The predicted octanol–water partition coefficient (Wildman–Crippen LogP) is 5.64. The summed E-state index contributed by atoms with van der Waals surface area (Å²) in [6, 6.07) is 10.6. The molecule has 13 heteroatoms. The first-order valence-corrected chi connectivity index (χ1v) is 16.6. The van der Waals surface area contributed by atoms with Gasteiger partial charge in [-0.05, 0) is 49.2 Å². The zero-order valence-electron chi connectivity index (χ0n) is 26.9. The number of likely N-dealkylation sites (N-methyl/N-ethyl adjacent to an activating group) is 1. The van der Waals surface area contributed by atoms with Crippen LogP contribution < -0.4 is 25.3 Å². The van der Waals surface area contributed by atoms with Crippen LogP contribution >= 0.6 is 11.6 Å². The van der Waals surface area contributed by atoms with E-state index in [0.717, 1.165) is 69.9 Å². The van der Waals surface area contributed by atoms with Crippen LogP contribution in [0.25, 0.3) is 0 Å². The minimum Gasteiger partial charge on any atom is -0.494 e. The summed E-state index contributed by atoms with van der Waals surface area (Å²) in [6.45, 7) is 13.7. The van der Waals surface area contributed by atoms with Crippen LogP contribution in [0.5, 0.6) is 5.75 Å². The number of piperazine rings is 1. The SMILES string of the molecule is C=CC(=O)Nc1cc(Nc2cc(N3OCCC3c3ccc(F)c(Cl)c3)ncn2)c(OC)cc1N1CCC(N2CCN(CC)CC2)CC1. The second kappa shape index (κ2) is 14.8. The molecule has 4 heterocycles. The van der Waals surface area contributed by atoms with E-state index in [2.05, 4.69) is 48.8 Å². The quantitative estimate of drug-likeness (QED) is 0.265. The second-order valence-corrected chi connectivity index (χ2v) is 12.4. The Balaban J connectivity index is 1.21. The van der Waals surface area contributed by atoms with Crippen LogP contribution in [0, 0.1) is 5.82 Å². The summed E-state index contributed by atoms with van der Waals surface area (Å²) in [5, 5.41) is 8.10. The minimum atomic E-state index is -0.469. The second-order valence-electron chi connectivity index (χ2n) is 12.0. The summed E-state index contributed by atoms with van der Waals surface area (Å²) >= 11 is 6.07. The van der Waals surface area contributed by atoms with Gasteiger partial charge in [0.05, 0.1) is 41.8 Å². The molecule has 3 aliphatic heterocycles. The van der Waals surface area contributed by atoms with Gasteiger partial charge in [0, 0.05) is 63.9 Å². The number of nitrogens with zero attached hydrogens (tertiary/aromatic N) is 6. The zero-order chi connectivity index (χ0) is 32.9. The smallest absolute Gasteiger partial charge is 0.247 e. The third-order valence-corrected chi connectivity index (χ3v) is 9.60. The Hall–Kier alpha value is -3.97. The molecule has 11 nitrogen and oxygen atoms in total. The fourth-order valence-electron chi connectivity index (χ4n) is 6.69. The Labute approximate surface area is 280 Å². The van der Waals surface area contributed by atoms with Gasteiger partial charge in [0.25, 0.3) is 0 Å². The van der Waals surface area contributed by atoms with Gasteiger partial charge in [-0.1, -0.05) is 31.2 Å². The predicted molar refractivity (Wildman–Crippen MR) is 183 cm³/mol. The minimum absolute atomic E-state index is 0.0594. The van der Waals surface area contributed by atoms with Crippen molar-refractivity contribution in [2.75, 3.05) is 80.1 Å². The molecule has 3 aromatic rings. The highest BCUT2D eigenvalue weighted by Gasteiger charge is 2.31. The third kappa shape index (κ3) is 7.46. The van der Waals surface area contributed by atoms with Crippen molar-refractivity contribution < 1.29 is 18.8 Å². The number of carbonyl (C=O) groups excluding carboxylic acids is 1. The van der Waals surface area contributed by atoms with E-state index in [9.17, 15) is 9.18 Å². The number of nitrogens with one attached hydrogen (secondary N) is 2. The van der Waals surface area contributed by atoms with E-state index >= 15 is 0 Å². The molecule has 0 saturated carbocycles. The fraction of sp³-hybridized carbons (Fsp3) is 0.441. The molecule has 0 bridgehead atoms. The van der Waals surface area contributed by atoms with Crippen LogP contribution in [0.1, 0.15) is 37.8 Å². The van der Waals surface area contributed by atoms with Crippen LogP contribution in [0.3, 0.4) is 0 Å². The summed E-state index contributed by atoms with van der Waals surface area (Å²) in [5.74, 6) is 0.862. The van der Waals surface area contributed by atoms with Crippen molar-refractivity contribution in [1.29, 1.82) is 0 Å². The van der Waals surface area contributed by atoms with Crippen molar-refractivity contribution in [2.24, 2.45) is 0 Å². The van der Waals surface area contributed by atoms with E-state index in [0.29, 0.717) is 47.8 Å². The number of amides is 1. The Morgan fingerprint density at radius 2 is 1.87 bits per heavy atom. The normalized spacial score (nSPS) is 19.5. The van der Waals surface area contributed by atoms with Crippen LogP contribution in [0.4, 0.5) is 33.1 Å². The van der Waals surface area contributed by atoms with Gasteiger partial charge in [0.1, 0.15) is 23.7 Å². The van der Waals surface area contributed by atoms with Gasteiger partial charge in [-0.2, -0.15) is 0 Å². The number of benzene rings is 2. The monoisotopic (exact) mass is 664 g/mol. The van der Waals surface area contributed by atoms with Crippen molar-refractivity contribution in [3.8, 4) is 5.75 Å². The largest absolute Gasteiger partial charge is 0.494 e. The van der Waals surface area contributed by atoms with Crippen LogP contribution in [0.15, 0.2) is 55.4 Å². The van der Waals surface area contributed by atoms with E-state index < -0.39 is 5.82 Å². The molecule has 0 aliphatic carbocycles. The number of hydrogen-bond donors (Lipinski definition) is 2. The molecular formula is C34H42ClFN8O3. The van der Waals surface area contributed by atoms with E-state index in [-0.39, 0.29) is 17.0 Å². The molecule has 0 radical (unpaired) electrons. The number of aromatic nitrogens is 2. The van der Waals surface area contributed by atoms with Crippen molar-refractivity contribution in [3.05, 3.63) is 71.8 Å². The molecule has 1 amide bonds. The molecular weight excluding hydrogens is 623 g/mol. The number of piperidine rings is 1. The molecule has 2 N–H and O–H groups in total. The summed E-state index contributed by atoms with van der Waals surface area (Å²) in [4.78, 5) is 34.8. The highest BCUT2D eigenvalue weighted by Crippen LogP contribution is 2.41. The van der Waals surface area contributed by atoms with Crippen molar-refractivity contribution in [1.82, 2.24) is 19.8 Å². The number of carbonyl (C=O) groups is 1. The molecule has 1 atom stereocenters. The van der Waals surface area contributed by atoms with E-state index in [4.69, 9.17) is 21.2 Å². The van der Waals surface area contributed by atoms with Gasteiger partial charge in [-0.25, -0.2) is 19.4 Å². The summed E-state index contributed by atoms with van der Waals surface area (Å²) in [5.41, 5.74) is 2.99. The Morgan fingerprint density at radius 3 is 2.57 bits per heavy atom. The van der Waals surface area contributed by atoms with Gasteiger partial charge in [0.2, 0.25) is 5.91 Å². The maximum atomic E-state index is 13.8. The van der Waals surface area contributed by atoms with E-state index in [1.165, 1.54) is 18.5 Å². The Morgan fingerprint density at radius 1 is 1.09 bits per heavy atom. The number of anilines is 5. The molecule has 47 heavy (non-hydrogen) atoms. The van der Waals surface area contributed by atoms with E-state index in [1.807, 2.05) is 12.1 Å². The summed E-state index contributed by atoms with van der Waals surface area (Å²) in [7, 11) is 1.62. The van der Waals surface area contributed by atoms with Crippen molar-refractivity contribution >= 4 is 46.2 Å². The fourth-order valence-corrected chi connectivity index (χ4v) is 6.88. The topological polar surface area (TPSA) is 98.3 Å². The lowest BCUT2D eigenvalue weighted by atomic mass is 10.0. The van der Waals surface area contributed by atoms with Gasteiger partial charge in [-0.15, -0.1) is 0 Å². The first kappa shape index (κ1) is 33.0. The molecule has 1 aromatic heterocycles. The first-order chi connectivity index (χ1) is 22.9. The average molecular weight is 665 g/mol. The van der Waals surface area contributed by atoms with Gasteiger partial charge < -0.3 is 25.2 Å². The first-order valence-electron chi connectivity index (χ1n) is 16.2. The standard InChI is InChI=1S/C34H42ClFN8O3/c1-4-34(45)40-27-19-28(31(46-3)20-30(27)43-11-8-24(9-12-43)42-15-13-41(5-2)14-16-42)39-32-21-33(38-22-37-32)44-29(10-17-47-44)23-6-7-26(36)25(35)18-23/h4,6-7,18-22,24,29H,1,5,8-17H2,2-3H3,(H,40,45)(H,37,38,39). The molecule has 0 spiro atoms. The molecule has 3 fully saturated rings. The highest BCUT2D eigenvalue weighted by atomic mass is 35.5. The molecule has 2 aromatic carbocycles.